The molecule has 0 amide bonds. The van der Waals surface area contributed by atoms with Crippen LogP contribution in [0.3, 0.4) is 0 Å². The molecule has 2 heterocycles. The van der Waals surface area contributed by atoms with E-state index >= 15 is 0 Å². The van der Waals surface area contributed by atoms with Crippen molar-refractivity contribution in [1.29, 1.82) is 0 Å². The number of nitrogens with zero attached hydrogens (tertiary/aromatic N) is 3. The lowest BCUT2D eigenvalue weighted by Crippen LogP contribution is -2.28. The number of aldehydes is 1. The van der Waals surface area contributed by atoms with Gasteiger partial charge in [-0.15, -0.1) is 13.2 Å². The Balaban J connectivity index is 0.000000865. The van der Waals surface area contributed by atoms with Gasteiger partial charge in [0.2, 0.25) is 0 Å². The molecule has 1 unspecified atom stereocenters. The van der Waals surface area contributed by atoms with Gasteiger partial charge in [-0.05, 0) is 50.8 Å². The summed E-state index contributed by atoms with van der Waals surface area (Å²) in [5.74, 6) is 0.582. The summed E-state index contributed by atoms with van der Waals surface area (Å²) in [5, 5.41) is 11.3. The van der Waals surface area contributed by atoms with Crippen LogP contribution in [0.15, 0.2) is 61.3 Å². The molecule has 3 rings (SSSR count). The molecule has 1 aromatic rings. The first-order valence-electron chi connectivity index (χ1n) is 10.2. The maximum Gasteiger partial charge on any atom is 0.170 e. The molecular weight excluding hydrogens is 400 g/mol. The first kappa shape index (κ1) is 28.2. The Morgan fingerprint density at radius 3 is 2.32 bits per heavy atom. The number of aromatic nitrogens is 2. The predicted octanol–water partition coefficient (Wildman–Crippen LogP) is 6.02. The second-order valence-electron chi connectivity index (χ2n) is 6.78. The number of allylic oxidation sites excluding steroid dienone is 6. The van der Waals surface area contributed by atoms with Crippen LogP contribution in [0.1, 0.15) is 56.9 Å². The van der Waals surface area contributed by atoms with E-state index in [4.69, 9.17) is 5.11 Å². The topological polar surface area (TPSA) is 58.4 Å². The average Bonchev–Trinajstić information content (AvgIpc) is 3.39. The van der Waals surface area contributed by atoms with Crippen molar-refractivity contribution in [3.05, 3.63) is 67.0 Å². The lowest BCUT2D eigenvalue weighted by atomic mass is 10.1. The van der Waals surface area contributed by atoms with Gasteiger partial charge < -0.3 is 10.0 Å². The Kier molecular flexibility index (Phi) is 14.5. The van der Waals surface area contributed by atoms with Crippen LogP contribution < -0.4 is 4.90 Å². The maximum absolute atomic E-state index is 13.2. The number of carbonyl (C=O) groups is 1. The Morgan fingerprint density at radius 1 is 1.29 bits per heavy atom. The van der Waals surface area contributed by atoms with Gasteiger partial charge in [-0.1, -0.05) is 19.1 Å². The molecule has 1 N–H and O–H groups in total. The monoisotopic (exact) mass is 435 g/mol. The van der Waals surface area contributed by atoms with Gasteiger partial charge in [0.15, 0.2) is 6.29 Å². The van der Waals surface area contributed by atoms with E-state index < -0.39 is 0 Å². The van der Waals surface area contributed by atoms with Crippen LogP contribution in [0.4, 0.5) is 14.6 Å². The van der Waals surface area contributed by atoms with Crippen LogP contribution in [-0.2, 0) is 0 Å². The van der Waals surface area contributed by atoms with Crippen LogP contribution in [0.2, 0.25) is 0 Å². The normalized spacial score (nSPS) is 18.2. The van der Waals surface area contributed by atoms with E-state index in [2.05, 4.69) is 25.2 Å². The number of rotatable bonds is 4. The number of aliphatic hydroxyl groups excluding tert-OH is 1. The van der Waals surface area contributed by atoms with Gasteiger partial charge >= 0.3 is 0 Å². The third-order valence-electron chi connectivity index (χ3n) is 4.38. The molecule has 7 heteroatoms. The highest BCUT2D eigenvalue weighted by atomic mass is 19.1. The molecule has 0 aromatic carbocycles. The fourth-order valence-corrected chi connectivity index (χ4v) is 2.95. The quantitative estimate of drug-likeness (QED) is 0.464. The summed E-state index contributed by atoms with van der Waals surface area (Å²) < 4.78 is 27.6. The Morgan fingerprint density at radius 2 is 1.90 bits per heavy atom. The van der Waals surface area contributed by atoms with Crippen LogP contribution in [-0.4, -0.2) is 40.9 Å². The molecular formula is C24H35F2N3O2. The summed E-state index contributed by atoms with van der Waals surface area (Å²) in [6.45, 7) is 13.3. The van der Waals surface area contributed by atoms with Crippen LogP contribution in [0.5, 0.6) is 0 Å². The van der Waals surface area contributed by atoms with Gasteiger partial charge in [0, 0.05) is 37.9 Å². The zero-order valence-electron chi connectivity index (χ0n) is 19.0. The summed E-state index contributed by atoms with van der Waals surface area (Å²) >= 11 is 0. The highest BCUT2D eigenvalue weighted by Crippen LogP contribution is 2.33. The zero-order valence-corrected chi connectivity index (χ0v) is 19.0. The summed E-state index contributed by atoms with van der Waals surface area (Å²) in [5.41, 5.74) is 1.86. The molecule has 172 valence electrons. The van der Waals surface area contributed by atoms with Gasteiger partial charge in [0.25, 0.3) is 0 Å². The number of carbonyl (C=O) groups excluding carboxylic acids is 1. The molecule has 0 saturated carbocycles. The second-order valence-corrected chi connectivity index (χ2v) is 6.78. The van der Waals surface area contributed by atoms with Crippen LogP contribution in [0.25, 0.3) is 5.70 Å². The molecule has 1 aromatic heterocycles. The third kappa shape index (κ3) is 8.84. The molecule has 1 saturated heterocycles. The number of aliphatic hydroxyl groups is 1. The van der Waals surface area contributed by atoms with Crippen molar-refractivity contribution >= 4 is 17.8 Å². The van der Waals surface area contributed by atoms with E-state index in [1.165, 1.54) is 6.08 Å². The Bertz CT molecular complexity index is 795. The van der Waals surface area contributed by atoms with Gasteiger partial charge in [0.1, 0.15) is 17.3 Å². The number of anilines is 1. The predicted molar refractivity (Wildman–Crippen MR) is 125 cm³/mol. The molecule has 0 radical (unpaired) electrons. The first-order valence-corrected chi connectivity index (χ1v) is 10.2. The minimum Gasteiger partial charge on any atom is -0.400 e. The fourth-order valence-electron chi connectivity index (χ4n) is 2.95. The van der Waals surface area contributed by atoms with Crippen LogP contribution >= 0.6 is 0 Å². The minimum atomic E-state index is -0.162. The fraction of sp³-hybridized carbons (Fsp3) is 0.417. The van der Waals surface area contributed by atoms with Crippen molar-refractivity contribution in [2.75, 3.05) is 18.6 Å². The molecule has 1 aliphatic heterocycles. The van der Waals surface area contributed by atoms with E-state index in [0.717, 1.165) is 30.6 Å². The van der Waals surface area contributed by atoms with Crippen molar-refractivity contribution in [3.8, 4) is 0 Å². The molecule has 1 fully saturated rings. The van der Waals surface area contributed by atoms with Gasteiger partial charge in [-0.25, -0.2) is 13.5 Å². The Labute approximate surface area is 184 Å². The van der Waals surface area contributed by atoms with Crippen molar-refractivity contribution in [2.24, 2.45) is 0 Å². The SMILES string of the molecule is C=CC.C=CCC.CC1C/C(=C/F)CN1c1cc(C=O)nn1C1=CC=C(F)CC1.CO. The highest BCUT2D eigenvalue weighted by molar-refractivity contribution is 5.75. The Hall–Kier alpha value is -2.80. The van der Waals surface area contributed by atoms with Crippen molar-refractivity contribution < 1.29 is 18.7 Å². The standard InChI is InChI=1S/C16H17F2N3O.C4H8.C3H6.CH4O/c1-11-6-12(8-17)9-20(11)16-7-14(10-22)19-21(16)15-4-2-13(18)3-5-15;1-3-4-2;1-3-2;1-2/h2,4,7-8,10-11H,3,5-6,9H2,1H3;3H,1,4H2,2H3;3H,1H2,2H3;2H,1H3/b12-8-;;;. The minimum absolute atomic E-state index is 0.119. The van der Waals surface area contributed by atoms with Crippen LogP contribution in [0, 0.1) is 0 Å². The van der Waals surface area contributed by atoms with Crippen molar-refractivity contribution in [2.45, 2.75) is 52.5 Å². The van der Waals surface area contributed by atoms with E-state index in [-0.39, 0.29) is 11.9 Å². The van der Waals surface area contributed by atoms with E-state index in [1.54, 1.807) is 22.9 Å². The smallest absolute Gasteiger partial charge is 0.170 e. The second kappa shape index (κ2) is 16.0. The molecule has 1 atom stereocenters. The zero-order chi connectivity index (χ0) is 23.8. The number of halogens is 2. The summed E-state index contributed by atoms with van der Waals surface area (Å²) in [6, 6.07) is 1.81. The lowest BCUT2D eigenvalue weighted by Gasteiger charge is -2.25. The number of hydrogen-bond acceptors (Lipinski definition) is 4. The largest absolute Gasteiger partial charge is 0.400 e. The van der Waals surface area contributed by atoms with Crippen molar-refractivity contribution in [3.63, 3.8) is 0 Å². The maximum atomic E-state index is 13.2. The molecule has 0 spiro atoms. The van der Waals surface area contributed by atoms with E-state index in [1.807, 2.05) is 24.8 Å². The lowest BCUT2D eigenvalue weighted by molar-refractivity contribution is 0.111. The van der Waals surface area contributed by atoms with Gasteiger partial charge in [-0.3, -0.25) is 4.79 Å². The van der Waals surface area contributed by atoms with E-state index in [9.17, 15) is 13.6 Å². The average molecular weight is 436 g/mol. The third-order valence-corrected chi connectivity index (χ3v) is 4.38. The highest BCUT2D eigenvalue weighted by Gasteiger charge is 2.28. The van der Waals surface area contributed by atoms with E-state index in [0.29, 0.717) is 44.1 Å². The molecule has 0 bridgehead atoms. The van der Waals surface area contributed by atoms with Gasteiger partial charge in [-0.2, -0.15) is 5.10 Å². The van der Waals surface area contributed by atoms with Gasteiger partial charge in [0.05, 0.1) is 6.33 Å². The summed E-state index contributed by atoms with van der Waals surface area (Å²) in [7, 11) is 1.00. The van der Waals surface area contributed by atoms with Crippen molar-refractivity contribution in [1.82, 2.24) is 9.78 Å². The molecule has 2 aliphatic rings. The molecule has 31 heavy (non-hydrogen) atoms. The summed E-state index contributed by atoms with van der Waals surface area (Å²) in [4.78, 5) is 13.1. The first-order chi connectivity index (χ1) is 14.9. The molecule has 1 aliphatic carbocycles. The molecule has 5 nitrogen and oxygen atoms in total. The summed E-state index contributed by atoms with van der Waals surface area (Å²) in [6.07, 6.45) is 10.6. The number of hydrogen-bond donors (Lipinski definition) is 1.